The molecule has 0 bridgehead atoms. The van der Waals surface area contributed by atoms with Crippen LogP contribution < -0.4 is 15.4 Å². The normalized spacial score (nSPS) is 10.8. The highest BCUT2D eigenvalue weighted by Crippen LogP contribution is 2.32. The zero-order chi connectivity index (χ0) is 22.8. The lowest BCUT2D eigenvalue weighted by Crippen LogP contribution is -2.34. The van der Waals surface area contributed by atoms with Crippen LogP contribution in [0.2, 0.25) is 0 Å². The number of nitrogens with zero attached hydrogens (tertiary/aromatic N) is 1. The third kappa shape index (κ3) is 4.61. The number of rotatable bonds is 4. The zero-order valence-electron chi connectivity index (χ0n) is 17.7. The van der Waals surface area contributed by atoms with E-state index in [9.17, 15) is 4.79 Å². The topological polar surface area (TPSA) is 76.4 Å². The maximum atomic E-state index is 12.6. The minimum Gasteiger partial charge on any atom is -0.495 e. The molecule has 6 nitrogen and oxygen atoms in total. The van der Waals surface area contributed by atoms with E-state index in [0.717, 1.165) is 31.4 Å². The molecule has 162 valence electrons. The molecule has 0 saturated carbocycles. The van der Waals surface area contributed by atoms with Crippen LogP contribution in [0.25, 0.3) is 22.6 Å². The fourth-order valence-electron chi connectivity index (χ4n) is 3.21. The van der Waals surface area contributed by atoms with Gasteiger partial charge in [0.25, 0.3) is 5.91 Å². The van der Waals surface area contributed by atoms with E-state index >= 15 is 0 Å². The van der Waals surface area contributed by atoms with Crippen molar-refractivity contribution >= 4 is 62.6 Å². The first-order valence-corrected chi connectivity index (χ1v) is 11.3. The van der Waals surface area contributed by atoms with Gasteiger partial charge in [-0.1, -0.05) is 12.1 Å². The minimum atomic E-state index is -0.285. The van der Waals surface area contributed by atoms with Gasteiger partial charge in [0, 0.05) is 9.13 Å². The van der Waals surface area contributed by atoms with Gasteiger partial charge in [0.1, 0.15) is 11.3 Å². The molecule has 1 amide bonds. The zero-order valence-corrected chi connectivity index (χ0v) is 20.6. The van der Waals surface area contributed by atoms with E-state index in [4.69, 9.17) is 21.4 Å². The van der Waals surface area contributed by atoms with Crippen molar-refractivity contribution in [2.24, 2.45) is 0 Å². The number of hydrogen-bond donors (Lipinski definition) is 2. The SMILES string of the molecule is COc1ccc(-c2nc3cc(C)c(C)cc3o2)cc1NC(=S)NC(=O)c1ccccc1I. The van der Waals surface area contributed by atoms with Crippen LogP contribution in [0, 0.1) is 17.4 Å². The first-order valence-electron chi connectivity index (χ1n) is 9.79. The van der Waals surface area contributed by atoms with Gasteiger partial charge in [-0.3, -0.25) is 10.1 Å². The molecular weight excluding hydrogens is 537 g/mol. The molecule has 0 unspecified atom stereocenters. The highest BCUT2D eigenvalue weighted by atomic mass is 127. The number of benzene rings is 3. The summed E-state index contributed by atoms with van der Waals surface area (Å²) in [5.74, 6) is 0.777. The van der Waals surface area contributed by atoms with Crippen molar-refractivity contribution in [3.63, 3.8) is 0 Å². The average molecular weight is 557 g/mol. The lowest BCUT2D eigenvalue weighted by Gasteiger charge is -2.14. The lowest BCUT2D eigenvalue weighted by atomic mass is 10.1. The molecule has 0 spiro atoms. The summed E-state index contributed by atoms with van der Waals surface area (Å²) < 4.78 is 12.3. The van der Waals surface area contributed by atoms with Gasteiger partial charge in [-0.25, -0.2) is 4.98 Å². The molecule has 8 heteroatoms. The minimum absolute atomic E-state index is 0.161. The number of hydrogen-bond acceptors (Lipinski definition) is 5. The Hall–Kier alpha value is -2.98. The summed E-state index contributed by atoms with van der Waals surface area (Å²) >= 11 is 7.48. The number of oxazole rings is 1. The Labute approximate surface area is 204 Å². The summed E-state index contributed by atoms with van der Waals surface area (Å²) in [6.07, 6.45) is 0. The lowest BCUT2D eigenvalue weighted by molar-refractivity contribution is 0.0977. The van der Waals surface area contributed by atoms with Crippen molar-refractivity contribution in [3.05, 3.63) is 74.9 Å². The molecule has 2 N–H and O–H groups in total. The highest BCUT2D eigenvalue weighted by Gasteiger charge is 2.15. The third-order valence-electron chi connectivity index (χ3n) is 5.04. The van der Waals surface area contributed by atoms with Gasteiger partial charge in [-0.15, -0.1) is 0 Å². The van der Waals surface area contributed by atoms with E-state index in [2.05, 4.69) is 38.2 Å². The Morgan fingerprint density at radius 2 is 1.84 bits per heavy atom. The van der Waals surface area contributed by atoms with Crippen molar-refractivity contribution in [1.29, 1.82) is 0 Å². The van der Waals surface area contributed by atoms with E-state index in [0.29, 0.717) is 22.9 Å². The molecule has 1 heterocycles. The van der Waals surface area contributed by atoms with Crippen LogP contribution in [0.3, 0.4) is 0 Å². The van der Waals surface area contributed by atoms with Crippen LogP contribution in [-0.4, -0.2) is 23.1 Å². The monoisotopic (exact) mass is 557 g/mol. The second-order valence-corrected chi connectivity index (χ2v) is 8.80. The molecule has 4 rings (SSSR count). The predicted molar refractivity (Wildman–Crippen MR) is 138 cm³/mol. The van der Waals surface area contributed by atoms with Crippen molar-refractivity contribution in [3.8, 4) is 17.2 Å². The number of carbonyl (C=O) groups is 1. The molecule has 0 aliphatic heterocycles. The molecule has 0 aliphatic carbocycles. The number of halogens is 1. The number of carbonyl (C=O) groups excluding carboxylic acids is 1. The van der Waals surface area contributed by atoms with Crippen LogP contribution in [0.5, 0.6) is 5.75 Å². The molecule has 0 saturated heterocycles. The van der Waals surface area contributed by atoms with Gasteiger partial charge in [0.15, 0.2) is 10.7 Å². The molecule has 0 aliphatic rings. The van der Waals surface area contributed by atoms with Crippen LogP contribution in [0.4, 0.5) is 5.69 Å². The van der Waals surface area contributed by atoms with Gasteiger partial charge < -0.3 is 14.5 Å². The summed E-state index contributed by atoms with van der Waals surface area (Å²) in [4.78, 5) is 17.2. The maximum Gasteiger partial charge on any atom is 0.258 e. The Bertz CT molecular complexity index is 1310. The van der Waals surface area contributed by atoms with Crippen LogP contribution in [0.15, 0.2) is 59.0 Å². The molecule has 3 aromatic carbocycles. The summed E-state index contributed by atoms with van der Waals surface area (Å²) in [7, 11) is 1.57. The van der Waals surface area contributed by atoms with Gasteiger partial charge in [0.2, 0.25) is 5.89 Å². The maximum absolute atomic E-state index is 12.6. The van der Waals surface area contributed by atoms with Crippen molar-refractivity contribution in [2.45, 2.75) is 13.8 Å². The Kier molecular flexibility index (Phi) is 6.43. The van der Waals surface area contributed by atoms with E-state index in [1.807, 2.05) is 56.3 Å². The molecule has 1 aromatic heterocycles. The number of fused-ring (bicyclic) bond motifs is 1. The fraction of sp³-hybridized carbons (Fsp3) is 0.125. The summed E-state index contributed by atoms with van der Waals surface area (Å²) in [6.45, 7) is 4.09. The number of methoxy groups -OCH3 is 1. The quantitative estimate of drug-likeness (QED) is 0.242. The summed E-state index contributed by atoms with van der Waals surface area (Å²) in [5, 5.41) is 5.92. The Balaban J connectivity index is 1.59. The van der Waals surface area contributed by atoms with E-state index in [1.54, 1.807) is 19.2 Å². The summed E-state index contributed by atoms with van der Waals surface area (Å²) in [6, 6.07) is 16.8. The van der Waals surface area contributed by atoms with E-state index in [1.165, 1.54) is 0 Å². The van der Waals surface area contributed by atoms with Crippen LogP contribution in [0.1, 0.15) is 21.5 Å². The number of thiocarbonyl (C=S) groups is 1. The van der Waals surface area contributed by atoms with Gasteiger partial charge in [0.05, 0.1) is 18.4 Å². The van der Waals surface area contributed by atoms with Crippen LogP contribution >= 0.6 is 34.8 Å². The predicted octanol–water partition coefficient (Wildman–Crippen LogP) is 5.85. The highest BCUT2D eigenvalue weighted by molar-refractivity contribution is 14.1. The number of ether oxygens (including phenoxy) is 1. The molecule has 0 fully saturated rings. The van der Waals surface area contributed by atoms with E-state index in [-0.39, 0.29) is 11.0 Å². The number of aromatic nitrogens is 1. The molecule has 4 aromatic rings. The average Bonchev–Trinajstić information content (AvgIpc) is 3.16. The fourth-order valence-corrected chi connectivity index (χ4v) is 4.05. The number of anilines is 1. The molecule has 0 atom stereocenters. The summed E-state index contributed by atoms with van der Waals surface area (Å²) in [5.41, 5.74) is 5.73. The first kappa shape index (κ1) is 22.2. The number of aryl methyl sites for hydroxylation is 2. The molecule has 0 radical (unpaired) electrons. The van der Waals surface area contributed by atoms with Crippen molar-refractivity contribution < 1.29 is 13.9 Å². The largest absolute Gasteiger partial charge is 0.495 e. The van der Waals surface area contributed by atoms with Crippen molar-refractivity contribution in [2.75, 3.05) is 12.4 Å². The van der Waals surface area contributed by atoms with Gasteiger partial charge >= 0.3 is 0 Å². The van der Waals surface area contributed by atoms with Crippen molar-refractivity contribution in [1.82, 2.24) is 10.3 Å². The second-order valence-electron chi connectivity index (χ2n) is 7.23. The molecule has 32 heavy (non-hydrogen) atoms. The first-order chi connectivity index (χ1) is 15.4. The van der Waals surface area contributed by atoms with E-state index < -0.39 is 0 Å². The second kappa shape index (κ2) is 9.25. The standard InChI is InChI=1S/C24H20IN3O3S/c1-13-10-18-21(11-14(13)2)31-23(26-18)15-8-9-20(30-3)19(12-15)27-24(32)28-22(29)16-6-4-5-7-17(16)25/h4-12H,1-3H3,(H2,27,28,29,32). The smallest absolute Gasteiger partial charge is 0.258 e. The Morgan fingerprint density at radius 3 is 2.59 bits per heavy atom. The Morgan fingerprint density at radius 1 is 1.09 bits per heavy atom. The van der Waals surface area contributed by atoms with Gasteiger partial charge in [-0.05, 0) is 102 Å². The number of nitrogens with one attached hydrogen (secondary N) is 2. The van der Waals surface area contributed by atoms with Gasteiger partial charge in [-0.2, -0.15) is 0 Å². The van der Waals surface area contributed by atoms with Crippen LogP contribution in [-0.2, 0) is 0 Å². The number of amides is 1. The molecular formula is C24H20IN3O3S. The third-order valence-corrected chi connectivity index (χ3v) is 6.19.